The number of nitrogens with zero attached hydrogens (tertiary/aromatic N) is 5. The minimum absolute atomic E-state index is 0.0181. The Balaban J connectivity index is 1.40. The van der Waals surface area contributed by atoms with Gasteiger partial charge in [0.25, 0.3) is 0 Å². The van der Waals surface area contributed by atoms with Crippen molar-refractivity contribution in [1.82, 2.24) is 15.0 Å². The molecule has 4 rings (SSSR count). The number of carbonyl (C=O) groups excluding carboxylic acids is 1. The number of aromatic nitrogens is 2. The van der Waals surface area contributed by atoms with Crippen molar-refractivity contribution in [3.8, 4) is 0 Å². The predicted molar refractivity (Wildman–Crippen MR) is 108 cm³/mol. The van der Waals surface area contributed by atoms with Crippen molar-refractivity contribution in [2.75, 3.05) is 24.2 Å². The molecule has 27 heavy (non-hydrogen) atoms. The Labute approximate surface area is 163 Å². The SMILES string of the molecule is CSc1cc(N2CCC(C(=O)N3N=CCC3c3ccccc3)CC2)ncn1. The van der Waals surface area contributed by atoms with Crippen LogP contribution in [0.5, 0.6) is 0 Å². The fourth-order valence-corrected chi connectivity index (χ4v) is 4.11. The van der Waals surface area contributed by atoms with Crippen molar-refractivity contribution in [1.29, 1.82) is 0 Å². The molecule has 1 aromatic heterocycles. The number of amides is 1. The van der Waals surface area contributed by atoms with Gasteiger partial charge in [0.15, 0.2) is 0 Å². The largest absolute Gasteiger partial charge is 0.356 e. The van der Waals surface area contributed by atoms with Gasteiger partial charge < -0.3 is 4.90 Å². The maximum Gasteiger partial charge on any atom is 0.246 e. The van der Waals surface area contributed by atoms with E-state index in [1.54, 1.807) is 23.1 Å². The summed E-state index contributed by atoms with van der Waals surface area (Å²) in [5.74, 6) is 1.11. The quantitative estimate of drug-likeness (QED) is 0.600. The molecule has 0 bridgehead atoms. The highest BCUT2D eigenvalue weighted by Gasteiger charge is 2.34. The average molecular weight is 382 g/mol. The number of thioether (sulfide) groups is 1. The molecule has 0 radical (unpaired) electrons. The first-order chi connectivity index (χ1) is 13.3. The van der Waals surface area contributed by atoms with E-state index < -0.39 is 0 Å². The molecule has 0 aliphatic carbocycles. The molecular formula is C20H23N5OS. The summed E-state index contributed by atoms with van der Waals surface area (Å²) in [5, 5.41) is 7.06. The molecule has 1 atom stereocenters. The minimum atomic E-state index is 0.0181. The molecule has 6 nitrogen and oxygen atoms in total. The van der Waals surface area contributed by atoms with Gasteiger partial charge in [-0.2, -0.15) is 5.10 Å². The van der Waals surface area contributed by atoms with Gasteiger partial charge in [0.2, 0.25) is 5.91 Å². The van der Waals surface area contributed by atoms with Crippen LogP contribution in [0.15, 0.2) is 52.9 Å². The molecule has 7 heteroatoms. The molecule has 0 saturated carbocycles. The molecule has 0 spiro atoms. The molecule has 2 aliphatic rings. The van der Waals surface area contributed by atoms with Gasteiger partial charge in [0.1, 0.15) is 17.2 Å². The highest BCUT2D eigenvalue weighted by Crippen LogP contribution is 2.32. The Hall–Kier alpha value is -2.41. The second-order valence-corrected chi connectivity index (χ2v) is 7.65. The molecule has 2 aromatic rings. The van der Waals surface area contributed by atoms with Crippen LogP contribution in [0.1, 0.15) is 30.9 Å². The number of carbonyl (C=O) groups is 1. The van der Waals surface area contributed by atoms with Gasteiger partial charge in [0.05, 0.1) is 6.04 Å². The van der Waals surface area contributed by atoms with E-state index in [4.69, 9.17) is 0 Å². The van der Waals surface area contributed by atoms with Gasteiger partial charge >= 0.3 is 0 Å². The topological polar surface area (TPSA) is 61.7 Å². The summed E-state index contributed by atoms with van der Waals surface area (Å²) >= 11 is 1.61. The van der Waals surface area contributed by atoms with Crippen LogP contribution in [0.2, 0.25) is 0 Å². The summed E-state index contributed by atoms with van der Waals surface area (Å²) in [5.41, 5.74) is 1.14. The number of piperidine rings is 1. The molecule has 3 heterocycles. The summed E-state index contributed by atoms with van der Waals surface area (Å²) in [6, 6.07) is 12.2. The number of anilines is 1. The average Bonchev–Trinajstić information content (AvgIpc) is 3.24. The molecule has 2 aliphatic heterocycles. The van der Waals surface area contributed by atoms with E-state index in [0.29, 0.717) is 0 Å². The van der Waals surface area contributed by atoms with E-state index in [2.05, 4.69) is 32.1 Å². The molecule has 0 N–H and O–H groups in total. The van der Waals surface area contributed by atoms with Crippen LogP contribution in [-0.2, 0) is 4.79 Å². The smallest absolute Gasteiger partial charge is 0.246 e. The van der Waals surface area contributed by atoms with Crippen LogP contribution in [0.3, 0.4) is 0 Å². The third kappa shape index (κ3) is 3.83. The normalized spacial score (nSPS) is 20.3. The Bertz CT molecular complexity index is 820. The van der Waals surface area contributed by atoms with Crippen molar-refractivity contribution in [3.05, 3.63) is 48.3 Å². The third-order valence-corrected chi connectivity index (χ3v) is 5.89. The Morgan fingerprint density at radius 3 is 2.67 bits per heavy atom. The zero-order valence-electron chi connectivity index (χ0n) is 15.4. The highest BCUT2D eigenvalue weighted by atomic mass is 32.2. The predicted octanol–water partition coefficient (Wildman–Crippen LogP) is 3.37. The maximum atomic E-state index is 13.1. The fourth-order valence-electron chi connectivity index (χ4n) is 3.74. The molecule has 1 saturated heterocycles. The zero-order valence-corrected chi connectivity index (χ0v) is 16.2. The molecule has 1 amide bonds. The first kappa shape index (κ1) is 18.0. The van der Waals surface area contributed by atoms with Crippen molar-refractivity contribution in [2.24, 2.45) is 11.0 Å². The second-order valence-electron chi connectivity index (χ2n) is 6.82. The summed E-state index contributed by atoms with van der Waals surface area (Å²) in [7, 11) is 0. The second kappa shape index (κ2) is 8.08. The van der Waals surface area contributed by atoms with E-state index in [9.17, 15) is 4.79 Å². The molecule has 1 unspecified atom stereocenters. The van der Waals surface area contributed by atoms with Gasteiger partial charge in [0, 0.05) is 37.7 Å². The Morgan fingerprint density at radius 1 is 1.15 bits per heavy atom. The zero-order chi connectivity index (χ0) is 18.6. The lowest BCUT2D eigenvalue weighted by Gasteiger charge is -2.34. The van der Waals surface area contributed by atoms with Gasteiger partial charge in [-0.1, -0.05) is 30.3 Å². The van der Waals surface area contributed by atoms with Crippen molar-refractivity contribution >= 4 is 29.7 Å². The van der Waals surface area contributed by atoms with Crippen molar-refractivity contribution < 1.29 is 4.79 Å². The van der Waals surface area contributed by atoms with Crippen LogP contribution < -0.4 is 4.90 Å². The lowest BCUT2D eigenvalue weighted by atomic mass is 9.94. The van der Waals surface area contributed by atoms with Crippen molar-refractivity contribution in [2.45, 2.75) is 30.3 Å². The van der Waals surface area contributed by atoms with Crippen LogP contribution in [-0.4, -0.2) is 46.4 Å². The van der Waals surface area contributed by atoms with E-state index >= 15 is 0 Å². The highest BCUT2D eigenvalue weighted by molar-refractivity contribution is 7.98. The van der Waals surface area contributed by atoms with E-state index in [0.717, 1.165) is 48.8 Å². The standard InChI is InChI=1S/C20H23N5OS/c1-27-19-13-18(21-14-22-19)24-11-8-16(9-12-24)20(26)25-17(7-10-23-25)15-5-3-2-4-6-15/h2-6,10,13-14,16-17H,7-9,11-12H2,1H3. The van der Waals surface area contributed by atoms with E-state index in [-0.39, 0.29) is 17.9 Å². The summed E-state index contributed by atoms with van der Waals surface area (Å²) in [4.78, 5) is 24.0. The lowest BCUT2D eigenvalue weighted by Crippen LogP contribution is -2.41. The molecule has 1 aromatic carbocycles. The van der Waals surface area contributed by atoms with E-state index in [1.807, 2.05) is 36.7 Å². The monoisotopic (exact) mass is 381 g/mol. The van der Waals surface area contributed by atoms with Gasteiger partial charge in [-0.3, -0.25) is 4.79 Å². The van der Waals surface area contributed by atoms with Crippen LogP contribution in [0.4, 0.5) is 5.82 Å². The first-order valence-corrected chi connectivity index (χ1v) is 10.5. The number of hydrogen-bond acceptors (Lipinski definition) is 6. The number of benzene rings is 1. The Morgan fingerprint density at radius 2 is 1.93 bits per heavy atom. The first-order valence-electron chi connectivity index (χ1n) is 9.27. The molecule has 1 fully saturated rings. The Kier molecular flexibility index (Phi) is 5.38. The van der Waals surface area contributed by atoms with Crippen LogP contribution >= 0.6 is 11.8 Å². The molecular weight excluding hydrogens is 358 g/mol. The number of hydrogen-bond donors (Lipinski definition) is 0. The third-order valence-electron chi connectivity index (χ3n) is 5.24. The van der Waals surface area contributed by atoms with E-state index in [1.165, 1.54) is 0 Å². The van der Waals surface area contributed by atoms with Crippen LogP contribution in [0.25, 0.3) is 0 Å². The molecule has 140 valence electrons. The fraction of sp³-hybridized carbons (Fsp3) is 0.400. The van der Waals surface area contributed by atoms with Gasteiger partial charge in [-0.05, 0) is 24.7 Å². The minimum Gasteiger partial charge on any atom is -0.356 e. The lowest BCUT2D eigenvalue weighted by molar-refractivity contribution is -0.138. The van der Waals surface area contributed by atoms with Crippen LogP contribution in [0, 0.1) is 5.92 Å². The van der Waals surface area contributed by atoms with Gasteiger partial charge in [-0.15, -0.1) is 11.8 Å². The van der Waals surface area contributed by atoms with Gasteiger partial charge in [-0.25, -0.2) is 15.0 Å². The summed E-state index contributed by atoms with van der Waals surface area (Å²) in [6.07, 6.45) is 7.91. The number of rotatable bonds is 4. The summed E-state index contributed by atoms with van der Waals surface area (Å²) in [6.45, 7) is 1.66. The summed E-state index contributed by atoms with van der Waals surface area (Å²) < 4.78 is 0. The maximum absolute atomic E-state index is 13.1. The number of hydrazone groups is 1. The van der Waals surface area contributed by atoms with Crippen molar-refractivity contribution in [3.63, 3.8) is 0 Å².